The number of aryl methyl sites for hydroxylation is 1. The van der Waals surface area contributed by atoms with E-state index >= 15 is 0 Å². The number of nitrogens with zero attached hydrogens (tertiary/aromatic N) is 3. The summed E-state index contributed by atoms with van der Waals surface area (Å²) in [5.74, 6) is 0.602. The lowest BCUT2D eigenvalue weighted by Crippen LogP contribution is -2.36. The number of nitrogens with one attached hydrogen (secondary N) is 1. The standard InChI is InChI=1S/C21H21N4OS/c1-16-15-22-21(24-20(16)27-19-5-3-2-4-6-19)23-17-7-9-18(10-8-17)25-11-13-26-14-12-25/h3-10,15H,11-14H2,1H3,(H,22,23,24). The first kappa shape index (κ1) is 17.8. The van der Waals surface area contributed by atoms with Crippen LogP contribution in [0.25, 0.3) is 0 Å². The molecule has 2 aromatic carbocycles. The van der Waals surface area contributed by atoms with E-state index in [1.165, 1.54) is 5.69 Å². The highest BCUT2D eigenvalue weighted by atomic mass is 32.2. The minimum atomic E-state index is 0.602. The fraction of sp³-hybridized carbons (Fsp3) is 0.238. The molecule has 0 atom stereocenters. The fourth-order valence-electron chi connectivity index (χ4n) is 2.85. The Morgan fingerprint density at radius 2 is 1.81 bits per heavy atom. The number of aromatic nitrogens is 2. The van der Waals surface area contributed by atoms with E-state index in [0.29, 0.717) is 5.95 Å². The molecule has 0 amide bonds. The number of rotatable bonds is 5. The third kappa shape index (κ3) is 4.59. The van der Waals surface area contributed by atoms with Crippen LogP contribution in [0.3, 0.4) is 0 Å². The molecule has 1 aromatic heterocycles. The summed E-state index contributed by atoms with van der Waals surface area (Å²) >= 11 is 1.63. The molecule has 5 nitrogen and oxygen atoms in total. The molecule has 1 N–H and O–H groups in total. The molecule has 2 heterocycles. The monoisotopic (exact) mass is 377 g/mol. The van der Waals surface area contributed by atoms with Gasteiger partial charge in [-0.15, -0.1) is 0 Å². The van der Waals surface area contributed by atoms with Gasteiger partial charge >= 0.3 is 0 Å². The van der Waals surface area contributed by atoms with Crippen LogP contribution in [0.5, 0.6) is 0 Å². The molecule has 4 rings (SSSR count). The molecule has 0 saturated carbocycles. The van der Waals surface area contributed by atoms with Crippen LogP contribution in [0.4, 0.5) is 17.3 Å². The molecule has 1 fully saturated rings. The van der Waals surface area contributed by atoms with Crippen molar-refractivity contribution < 1.29 is 4.74 Å². The van der Waals surface area contributed by atoms with Gasteiger partial charge in [0, 0.05) is 41.1 Å². The topological polar surface area (TPSA) is 50.3 Å². The van der Waals surface area contributed by atoms with Crippen LogP contribution in [0.15, 0.2) is 64.6 Å². The number of benzene rings is 2. The largest absolute Gasteiger partial charge is 0.378 e. The van der Waals surface area contributed by atoms with E-state index in [9.17, 15) is 0 Å². The molecule has 137 valence electrons. The Morgan fingerprint density at radius 3 is 2.56 bits per heavy atom. The summed E-state index contributed by atoms with van der Waals surface area (Å²) in [6.45, 7) is 5.48. The van der Waals surface area contributed by atoms with Crippen LogP contribution in [-0.2, 0) is 4.74 Å². The minimum absolute atomic E-state index is 0.602. The van der Waals surface area contributed by atoms with E-state index in [1.807, 2.05) is 37.4 Å². The third-order valence-electron chi connectivity index (χ3n) is 4.33. The molecule has 1 aliphatic heterocycles. The second-order valence-electron chi connectivity index (χ2n) is 6.29. The summed E-state index contributed by atoms with van der Waals surface area (Å²) in [5.41, 5.74) is 3.24. The zero-order chi connectivity index (χ0) is 18.5. The van der Waals surface area contributed by atoms with Gasteiger partial charge in [0.1, 0.15) is 5.03 Å². The Morgan fingerprint density at radius 1 is 1.07 bits per heavy atom. The van der Waals surface area contributed by atoms with E-state index < -0.39 is 0 Å². The van der Waals surface area contributed by atoms with E-state index in [-0.39, 0.29) is 0 Å². The summed E-state index contributed by atoms with van der Waals surface area (Å²) in [4.78, 5) is 12.6. The van der Waals surface area contributed by atoms with Crippen molar-refractivity contribution in [1.29, 1.82) is 0 Å². The van der Waals surface area contributed by atoms with Gasteiger partial charge in [-0.25, -0.2) is 9.97 Å². The first-order chi connectivity index (χ1) is 13.3. The summed E-state index contributed by atoms with van der Waals surface area (Å²) in [7, 11) is 0. The van der Waals surface area contributed by atoms with Crippen molar-refractivity contribution in [3.8, 4) is 0 Å². The maximum absolute atomic E-state index is 5.41. The predicted octanol–water partition coefficient (Wildman–Crippen LogP) is 4.32. The smallest absolute Gasteiger partial charge is 0.228 e. The van der Waals surface area contributed by atoms with Gasteiger partial charge in [0.25, 0.3) is 0 Å². The van der Waals surface area contributed by atoms with Gasteiger partial charge in [0.2, 0.25) is 5.95 Å². The van der Waals surface area contributed by atoms with Gasteiger partial charge in [0.05, 0.1) is 13.2 Å². The summed E-state index contributed by atoms with van der Waals surface area (Å²) in [6.07, 6.45) is 1.86. The first-order valence-electron chi connectivity index (χ1n) is 8.95. The fourth-order valence-corrected chi connectivity index (χ4v) is 3.69. The SMILES string of the molecule is Cc1cnc(Nc2ccc(N3CCOCC3)cc2)nc1Sc1cc[c]cc1. The molecule has 0 spiro atoms. The molecule has 27 heavy (non-hydrogen) atoms. The molecule has 1 radical (unpaired) electrons. The zero-order valence-corrected chi connectivity index (χ0v) is 16.0. The van der Waals surface area contributed by atoms with Crippen LogP contribution in [0.1, 0.15) is 5.56 Å². The highest BCUT2D eigenvalue weighted by Gasteiger charge is 2.11. The summed E-state index contributed by atoms with van der Waals surface area (Å²) in [6, 6.07) is 19.3. The lowest BCUT2D eigenvalue weighted by Gasteiger charge is -2.28. The van der Waals surface area contributed by atoms with Gasteiger partial charge in [-0.05, 0) is 49.4 Å². The normalized spacial score (nSPS) is 14.2. The van der Waals surface area contributed by atoms with Crippen LogP contribution in [-0.4, -0.2) is 36.3 Å². The molecular formula is C21H21N4OS. The van der Waals surface area contributed by atoms with Crippen molar-refractivity contribution in [2.75, 3.05) is 36.5 Å². The van der Waals surface area contributed by atoms with Crippen molar-refractivity contribution in [2.24, 2.45) is 0 Å². The number of morpholine rings is 1. The molecular weight excluding hydrogens is 356 g/mol. The number of ether oxygens (including phenoxy) is 1. The average molecular weight is 377 g/mol. The van der Waals surface area contributed by atoms with E-state index in [4.69, 9.17) is 4.74 Å². The highest BCUT2D eigenvalue weighted by Crippen LogP contribution is 2.29. The van der Waals surface area contributed by atoms with E-state index in [2.05, 4.69) is 50.5 Å². The van der Waals surface area contributed by atoms with Crippen molar-refractivity contribution in [1.82, 2.24) is 9.97 Å². The summed E-state index contributed by atoms with van der Waals surface area (Å²) < 4.78 is 5.41. The maximum atomic E-state index is 5.41. The Balaban J connectivity index is 1.46. The Bertz CT molecular complexity index is 880. The van der Waals surface area contributed by atoms with E-state index in [0.717, 1.165) is 47.5 Å². The number of anilines is 3. The van der Waals surface area contributed by atoms with Gasteiger partial charge in [-0.2, -0.15) is 0 Å². The van der Waals surface area contributed by atoms with Crippen LogP contribution >= 0.6 is 11.8 Å². The molecule has 1 saturated heterocycles. The van der Waals surface area contributed by atoms with Crippen molar-refractivity contribution in [3.05, 3.63) is 66.4 Å². The summed E-state index contributed by atoms with van der Waals surface area (Å²) in [5, 5.41) is 4.25. The first-order valence-corrected chi connectivity index (χ1v) is 9.77. The van der Waals surface area contributed by atoms with E-state index in [1.54, 1.807) is 11.8 Å². The van der Waals surface area contributed by atoms with Crippen LogP contribution in [0.2, 0.25) is 0 Å². The molecule has 0 aliphatic carbocycles. The number of hydrogen-bond acceptors (Lipinski definition) is 6. The van der Waals surface area contributed by atoms with Gasteiger partial charge < -0.3 is 15.0 Å². The minimum Gasteiger partial charge on any atom is -0.378 e. The van der Waals surface area contributed by atoms with Crippen LogP contribution in [0, 0.1) is 13.0 Å². The van der Waals surface area contributed by atoms with Gasteiger partial charge in [-0.3, -0.25) is 0 Å². The number of hydrogen-bond donors (Lipinski definition) is 1. The Labute approximate surface area is 163 Å². The highest BCUT2D eigenvalue weighted by molar-refractivity contribution is 7.99. The molecule has 0 bridgehead atoms. The third-order valence-corrected chi connectivity index (χ3v) is 5.44. The average Bonchev–Trinajstić information content (AvgIpc) is 2.72. The quantitative estimate of drug-likeness (QED) is 0.669. The van der Waals surface area contributed by atoms with Gasteiger partial charge in [0.15, 0.2) is 0 Å². The molecule has 0 unspecified atom stereocenters. The van der Waals surface area contributed by atoms with Crippen molar-refractivity contribution >= 4 is 29.1 Å². The van der Waals surface area contributed by atoms with Gasteiger partial charge in [-0.1, -0.05) is 23.9 Å². The lowest BCUT2D eigenvalue weighted by molar-refractivity contribution is 0.122. The Hall–Kier alpha value is -2.57. The lowest BCUT2D eigenvalue weighted by atomic mass is 10.2. The van der Waals surface area contributed by atoms with Crippen molar-refractivity contribution in [2.45, 2.75) is 16.8 Å². The molecule has 6 heteroatoms. The van der Waals surface area contributed by atoms with Crippen molar-refractivity contribution in [3.63, 3.8) is 0 Å². The van der Waals surface area contributed by atoms with Crippen LogP contribution < -0.4 is 10.2 Å². The maximum Gasteiger partial charge on any atom is 0.228 e. The molecule has 1 aliphatic rings. The zero-order valence-electron chi connectivity index (χ0n) is 15.2. The predicted molar refractivity (Wildman–Crippen MR) is 109 cm³/mol. The Kier molecular flexibility index (Phi) is 5.55. The second kappa shape index (κ2) is 8.41. The molecule has 3 aromatic rings. The second-order valence-corrected chi connectivity index (χ2v) is 7.35.